The molecule has 1 aromatic carbocycles. The minimum Gasteiger partial charge on any atom is -0.444 e. The predicted octanol–water partition coefficient (Wildman–Crippen LogP) is 3.34. The second-order valence-electron chi connectivity index (χ2n) is 3.84. The number of nitrogens with one attached hydrogen (secondary N) is 1. The molecule has 0 saturated carbocycles. The number of anilines is 1. The zero-order chi connectivity index (χ0) is 13.9. The first-order chi connectivity index (χ1) is 9.72. The van der Waals surface area contributed by atoms with Crippen LogP contribution in [-0.2, 0) is 0 Å². The van der Waals surface area contributed by atoms with Gasteiger partial charge in [0.2, 0.25) is 5.89 Å². The van der Waals surface area contributed by atoms with Gasteiger partial charge in [-0.1, -0.05) is 23.3 Å². The first kappa shape index (κ1) is 12.6. The summed E-state index contributed by atoms with van der Waals surface area (Å²) in [7, 11) is 0. The third kappa shape index (κ3) is 2.62. The quantitative estimate of drug-likeness (QED) is 0.794. The third-order valence-electron chi connectivity index (χ3n) is 2.46. The number of hydrogen-bond acceptors (Lipinski definition) is 5. The number of furan rings is 1. The van der Waals surface area contributed by atoms with Gasteiger partial charge in [-0.3, -0.25) is 10.1 Å². The molecule has 0 aliphatic rings. The summed E-state index contributed by atoms with van der Waals surface area (Å²) in [6, 6.07) is 12.5. The van der Waals surface area contributed by atoms with Crippen LogP contribution in [0.3, 0.4) is 0 Å². The molecule has 0 fully saturated rings. The molecule has 0 bridgehead atoms. The molecule has 3 rings (SSSR count). The van der Waals surface area contributed by atoms with Crippen LogP contribution in [0.5, 0.6) is 0 Å². The van der Waals surface area contributed by atoms with E-state index in [0.29, 0.717) is 10.6 Å². The molecule has 7 heteroatoms. The van der Waals surface area contributed by atoms with Crippen molar-refractivity contribution in [2.45, 2.75) is 0 Å². The van der Waals surface area contributed by atoms with Crippen LogP contribution in [0.1, 0.15) is 10.6 Å². The molecule has 0 saturated heterocycles. The molecule has 100 valence electrons. The van der Waals surface area contributed by atoms with Crippen LogP contribution >= 0.6 is 15.9 Å². The van der Waals surface area contributed by atoms with E-state index in [1.165, 1.54) is 6.07 Å². The second kappa shape index (κ2) is 5.30. The van der Waals surface area contributed by atoms with Gasteiger partial charge in [0.15, 0.2) is 10.4 Å². The summed E-state index contributed by atoms with van der Waals surface area (Å²) >= 11 is 3.12. The van der Waals surface area contributed by atoms with Gasteiger partial charge in [0, 0.05) is 5.56 Å². The van der Waals surface area contributed by atoms with E-state index in [9.17, 15) is 4.79 Å². The highest BCUT2D eigenvalue weighted by molar-refractivity contribution is 9.10. The van der Waals surface area contributed by atoms with Crippen LogP contribution in [0.25, 0.3) is 11.5 Å². The molecule has 0 radical (unpaired) electrons. The van der Waals surface area contributed by atoms with Gasteiger partial charge in [-0.2, -0.15) is 0 Å². The minimum atomic E-state index is -0.459. The second-order valence-corrected chi connectivity index (χ2v) is 4.62. The van der Waals surface area contributed by atoms with Gasteiger partial charge in [-0.25, -0.2) is 0 Å². The van der Waals surface area contributed by atoms with E-state index in [4.69, 9.17) is 8.83 Å². The highest BCUT2D eigenvalue weighted by atomic mass is 79.9. The topological polar surface area (TPSA) is 81.2 Å². The lowest BCUT2D eigenvalue weighted by Crippen LogP contribution is -2.10. The summed E-state index contributed by atoms with van der Waals surface area (Å²) in [5.41, 5.74) is 0.779. The van der Waals surface area contributed by atoms with Gasteiger partial charge in [0.1, 0.15) is 0 Å². The minimum absolute atomic E-state index is 0.0152. The van der Waals surface area contributed by atoms with Gasteiger partial charge >= 0.3 is 6.01 Å². The van der Waals surface area contributed by atoms with E-state index < -0.39 is 5.91 Å². The van der Waals surface area contributed by atoms with Crippen molar-refractivity contribution in [1.29, 1.82) is 0 Å². The molecule has 2 aromatic heterocycles. The molecule has 0 aliphatic heterocycles. The smallest absolute Gasteiger partial charge is 0.322 e. The summed E-state index contributed by atoms with van der Waals surface area (Å²) < 4.78 is 11.0. The summed E-state index contributed by atoms with van der Waals surface area (Å²) in [5, 5.41) is 10.1. The molecule has 0 atom stereocenters. The Balaban J connectivity index is 1.76. The van der Waals surface area contributed by atoms with E-state index in [2.05, 4.69) is 31.4 Å². The first-order valence-electron chi connectivity index (χ1n) is 5.68. The average Bonchev–Trinajstić information content (AvgIpc) is 3.09. The fraction of sp³-hybridized carbons (Fsp3) is 0. The maximum Gasteiger partial charge on any atom is 0.322 e. The van der Waals surface area contributed by atoms with Crippen molar-refractivity contribution in [2.24, 2.45) is 0 Å². The van der Waals surface area contributed by atoms with Crippen molar-refractivity contribution in [3.05, 3.63) is 52.9 Å². The Morgan fingerprint density at radius 2 is 1.85 bits per heavy atom. The van der Waals surface area contributed by atoms with Gasteiger partial charge in [-0.05, 0) is 40.2 Å². The van der Waals surface area contributed by atoms with Crippen molar-refractivity contribution >= 4 is 27.9 Å². The van der Waals surface area contributed by atoms with E-state index in [1.807, 2.05) is 30.3 Å². The number of hydrogen-bond donors (Lipinski definition) is 1. The zero-order valence-corrected chi connectivity index (χ0v) is 11.6. The Hall–Kier alpha value is -2.41. The van der Waals surface area contributed by atoms with E-state index in [-0.39, 0.29) is 11.8 Å². The van der Waals surface area contributed by atoms with Crippen LogP contribution in [0.2, 0.25) is 0 Å². The van der Waals surface area contributed by atoms with Crippen LogP contribution in [0.15, 0.2) is 56.0 Å². The van der Waals surface area contributed by atoms with Gasteiger partial charge in [-0.15, -0.1) is 5.10 Å². The van der Waals surface area contributed by atoms with Gasteiger partial charge in [0.05, 0.1) is 0 Å². The van der Waals surface area contributed by atoms with Crippen LogP contribution in [0.4, 0.5) is 6.01 Å². The molecule has 3 aromatic rings. The van der Waals surface area contributed by atoms with Crippen molar-refractivity contribution in [1.82, 2.24) is 10.2 Å². The largest absolute Gasteiger partial charge is 0.444 e. The fourth-order valence-corrected chi connectivity index (χ4v) is 1.87. The Labute approximate surface area is 121 Å². The summed E-state index contributed by atoms with van der Waals surface area (Å²) in [6.07, 6.45) is 0. The molecule has 2 heterocycles. The SMILES string of the molecule is O=C(Nc1nnc(-c2ccccc2)o1)c1ccc(Br)o1. The van der Waals surface area contributed by atoms with Crippen molar-refractivity contribution in [3.63, 3.8) is 0 Å². The monoisotopic (exact) mass is 333 g/mol. The van der Waals surface area contributed by atoms with E-state index in [0.717, 1.165) is 5.56 Å². The Morgan fingerprint density at radius 1 is 1.05 bits per heavy atom. The normalized spacial score (nSPS) is 10.4. The summed E-state index contributed by atoms with van der Waals surface area (Å²) in [4.78, 5) is 11.8. The average molecular weight is 334 g/mol. The van der Waals surface area contributed by atoms with Gasteiger partial charge < -0.3 is 8.83 Å². The van der Waals surface area contributed by atoms with Gasteiger partial charge in [0.25, 0.3) is 5.91 Å². The van der Waals surface area contributed by atoms with Crippen LogP contribution in [0, 0.1) is 0 Å². The molecule has 0 aliphatic carbocycles. The first-order valence-corrected chi connectivity index (χ1v) is 6.47. The molecule has 0 unspecified atom stereocenters. The lowest BCUT2D eigenvalue weighted by molar-refractivity contribution is 0.0992. The summed E-state index contributed by atoms with van der Waals surface area (Å²) in [6.45, 7) is 0. The molecule has 6 nitrogen and oxygen atoms in total. The van der Waals surface area contributed by atoms with Crippen molar-refractivity contribution in [3.8, 4) is 11.5 Å². The molecule has 1 amide bonds. The van der Waals surface area contributed by atoms with E-state index in [1.54, 1.807) is 6.07 Å². The highest BCUT2D eigenvalue weighted by Gasteiger charge is 2.15. The maximum atomic E-state index is 11.8. The third-order valence-corrected chi connectivity index (χ3v) is 2.89. The summed E-state index contributed by atoms with van der Waals surface area (Å²) in [5.74, 6) is 0.0248. The molecule has 0 spiro atoms. The number of halogens is 1. The number of carbonyl (C=O) groups is 1. The number of carbonyl (C=O) groups excluding carboxylic acids is 1. The zero-order valence-electron chi connectivity index (χ0n) is 10.0. The standard InChI is InChI=1S/C13H8BrN3O3/c14-10-7-6-9(19-10)11(18)15-13-17-16-12(20-13)8-4-2-1-3-5-8/h1-7H,(H,15,17,18). The number of amides is 1. The Morgan fingerprint density at radius 3 is 2.55 bits per heavy atom. The molecule has 1 N–H and O–H groups in total. The number of rotatable bonds is 3. The molecular formula is C13H8BrN3O3. The van der Waals surface area contributed by atoms with Crippen molar-refractivity contribution in [2.75, 3.05) is 5.32 Å². The fourth-order valence-electron chi connectivity index (χ4n) is 1.57. The number of nitrogens with zero attached hydrogens (tertiary/aromatic N) is 2. The highest BCUT2D eigenvalue weighted by Crippen LogP contribution is 2.20. The molecule has 20 heavy (non-hydrogen) atoms. The lowest BCUT2D eigenvalue weighted by Gasteiger charge is -1.96. The number of aromatic nitrogens is 2. The predicted molar refractivity (Wildman–Crippen MR) is 74.1 cm³/mol. The van der Waals surface area contributed by atoms with Crippen LogP contribution in [-0.4, -0.2) is 16.1 Å². The Bertz CT molecular complexity index is 736. The Kier molecular flexibility index (Phi) is 3.34. The van der Waals surface area contributed by atoms with Crippen LogP contribution < -0.4 is 5.32 Å². The maximum absolute atomic E-state index is 11.8. The lowest BCUT2D eigenvalue weighted by atomic mass is 10.2. The molecular weight excluding hydrogens is 326 g/mol. The van der Waals surface area contributed by atoms with E-state index >= 15 is 0 Å². The van der Waals surface area contributed by atoms with Crippen molar-refractivity contribution < 1.29 is 13.6 Å². The number of benzene rings is 1.